The molecular weight excluding hydrogens is 431 g/mol. The van der Waals surface area contributed by atoms with E-state index in [2.05, 4.69) is 4.98 Å². The highest BCUT2D eigenvalue weighted by Gasteiger charge is 2.20. The van der Waals surface area contributed by atoms with Gasteiger partial charge in [0.1, 0.15) is 40.2 Å². The molecule has 0 aliphatic heterocycles. The van der Waals surface area contributed by atoms with Crippen LogP contribution < -0.4 is 9.47 Å². The molecule has 33 heavy (non-hydrogen) atoms. The number of carboxylic acids is 1. The van der Waals surface area contributed by atoms with Crippen molar-refractivity contribution in [3.8, 4) is 51.3 Å². The van der Waals surface area contributed by atoms with Crippen LogP contribution in [0.2, 0.25) is 0 Å². The maximum atomic E-state index is 13.9. The van der Waals surface area contributed by atoms with Crippen molar-refractivity contribution in [2.45, 2.75) is 0 Å². The van der Waals surface area contributed by atoms with Gasteiger partial charge in [-0.15, -0.1) is 0 Å². The topological polar surface area (TPSA) is 114 Å². The number of phenols is 2. The summed E-state index contributed by atoms with van der Waals surface area (Å²) in [5, 5.41) is 30.2. The number of methoxy groups -OCH3 is 2. The second-order valence-electron chi connectivity index (χ2n) is 7.05. The van der Waals surface area contributed by atoms with E-state index in [4.69, 9.17) is 9.47 Å². The van der Waals surface area contributed by atoms with Crippen molar-refractivity contribution >= 4 is 5.97 Å². The van der Waals surface area contributed by atoms with Crippen molar-refractivity contribution < 1.29 is 34.0 Å². The van der Waals surface area contributed by atoms with Crippen LogP contribution in [0.4, 0.5) is 4.39 Å². The van der Waals surface area contributed by atoms with Crippen LogP contribution in [-0.4, -0.2) is 45.1 Å². The number of aromatic carboxylic acids is 1. The minimum atomic E-state index is -1.15. The van der Waals surface area contributed by atoms with Crippen LogP contribution in [0.25, 0.3) is 28.3 Å². The summed E-state index contributed by atoms with van der Waals surface area (Å²) in [7, 11) is 2.82. The van der Waals surface area contributed by atoms with E-state index in [1.807, 2.05) is 0 Å². The Labute approximate surface area is 187 Å². The second kappa shape index (κ2) is 8.54. The number of nitrogens with zero attached hydrogens (tertiary/aromatic N) is 2. The Morgan fingerprint density at radius 1 is 0.939 bits per heavy atom. The van der Waals surface area contributed by atoms with Crippen LogP contribution in [-0.2, 0) is 0 Å². The number of hydrogen-bond acceptors (Lipinski definition) is 6. The molecule has 0 unspecified atom stereocenters. The number of carbonyl (C=O) groups is 1. The molecule has 0 spiro atoms. The molecule has 0 bridgehead atoms. The third-order valence-corrected chi connectivity index (χ3v) is 5.08. The summed E-state index contributed by atoms with van der Waals surface area (Å²) in [4.78, 5) is 16.0. The molecule has 4 rings (SSSR count). The molecule has 1 aromatic heterocycles. The molecule has 8 nitrogen and oxygen atoms in total. The summed E-state index contributed by atoms with van der Waals surface area (Å²) >= 11 is 0. The smallest absolute Gasteiger partial charge is 0.339 e. The molecule has 0 aliphatic carbocycles. The highest BCUT2D eigenvalue weighted by molar-refractivity contribution is 5.91. The molecule has 0 amide bonds. The summed E-state index contributed by atoms with van der Waals surface area (Å²) < 4.78 is 25.8. The molecule has 0 radical (unpaired) electrons. The average molecular weight is 450 g/mol. The van der Waals surface area contributed by atoms with Crippen molar-refractivity contribution in [3.63, 3.8) is 0 Å². The number of aromatic nitrogens is 2. The molecule has 3 N–H and O–H groups in total. The van der Waals surface area contributed by atoms with E-state index >= 15 is 0 Å². The van der Waals surface area contributed by atoms with Crippen LogP contribution in [0.5, 0.6) is 23.0 Å². The molecule has 0 fully saturated rings. The Balaban J connectivity index is 1.97. The predicted molar refractivity (Wildman–Crippen MR) is 118 cm³/mol. The number of aromatic hydroxyl groups is 2. The number of phenolic OH excluding ortho intramolecular Hbond substituents is 2. The minimum absolute atomic E-state index is 0.0294. The standard InChI is InChI=1S/C24H19FN2O6/c1-32-15-5-7-16(21(29)11-15)23-26-19(18-9-13(25)3-8-20(18)28)12-27(23)14-4-6-17(24(30)31)22(10-14)33-2/h3-12,28-29H,1-2H3,(H,30,31). The van der Waals surface area contributed by atoms with Crippen LogP contribution in [0.1, 0.15) is 10.4 Å². The summed E-state index contributed by atoms with van der Waals surface area (Å²) in [5.74, 6) is -1.19. The number of carboxylic acid groups (broad SMARTS) is 1. The van der Waals surface area contributed by atoms with E-state index in [0.717, 1.165) is 12.1 Å². The van der Waals surface area contributed by atoms with E-state index in [0.29, 0.717) is 17.0 Å². The maximum absolute atomic E-state index is 13.9. The summed E-state index contributed by atoms with van der Waals surface area (Å²) in [6.45, 7) is 0. The van der Waals surface area contributed by atoms with Gasteiger partial charge in [-0.1, -0.05) is 0 Å². The first-order chi connectivity index (χ1) is 15.8. The fourth-order valence-electron chi connectivity index (χ4n) is 3.44. The average Bonchev–Trinajstić information content (AvgIpc) is 3.24. The number of rotatable bonds is 6. The first-order valence-electron chi connectivity index (χ1n) is 9.69. The Kier molecular flexibility index (Phi) is 5.61. The fourth-order valence-corrected chi connectivity index (χ4v) is 3.44. The fraction of sp³-hybridized carbons (Fsp3) is 0.0833. The first-order valence-corrected chi connectivity index (χ1v) is 9.69. The number of hydrogen-bond donors (Lipinski definition) is 3. The van der Waals surface area contributed by atoms with Gasteiger partial charge in [0.05, 0.1) is 31.2 Å². The van der Waals surface area contributed by atoms with Crippen molar-refractivity contribution in [1.29, 1.82) is 0 Å². The Bertz CT molecular complexity index is 1370. The van der Waals surface area contributed by atoms with Gasteiger partial charge < -0.3 is 24.8 Å². The van der Waals surface area contributed by atoms with Crippen molar-refractivity contribution in [3.05, 3.63) is 72.2 Å². The Hall–Kier alpha value is -4.53. The van der Waals surface area contributed by atoms with Gasteiger partial charge in [0.15, 0.2) is 0 Å². The predicted octanol–water partition coefficient (Wildman–Crippen LogP) is 4.47. The lowest BCUT2D eigenvalue weighted by atomic mass is 10.1. The van der Waals surface area contributed by atoms with E-state index in [1.54, 1.807) is 29.0 Å². The first kappa shape index (κ1) is 21.7. The highest BCUT2D eigenvalue weighted by atomic mass is 19.1. The molecule has 3 aromatic carbocycles. The quantitative estimate of drug-likeness (QED) is 0.397. The molecule has 9 heteroatoms. The molecule has 168 valence electrons. The third kappa shape index (κ3) is 4.03. The van der Waals surface area contributed by atoms with E-state index in [1.165, 1.54) is 38.5 Å². The van der Waals surface area contributed by atoms with Gasteiger partial charge in [-0.2, -0.15) is 0 Å². The lowest BCUT2D eigenvalue weighted by molar-refractivity contribution is 0.0693. The number of imidazole rings is 1. The molecule has 0 aliphatic rings. The Morgan fingerprint density at radius 3 is 2.39 bits per heavy atom. The van der Waals surface area contributed by atoms with Gasteiger partial charge in [0.25, 0.3) is 0 Å². The van der Waals surface area contributed by atoms with Crippen LogP contribution in [0.15, 0.2) is 60.8 Å². The lowest BCUT2D eigenvalue weighted by Crippen LogP contribution is -2.03. The zero-order chi connectivity index (χ0) is 23.7. The van der Waals surface area contributed by atoms with Crippen LogP contribution in [0, 0.1) is 5.82 Å². The zero-order valence-corrected chi connectivity index (χ0v) is 17.6. The van der Waals surface area contributed by atoms with Gasteiger partial charge in [-0.25, -0.2) is 14.2 Å². The van der Waals surface area contributed by atoms with E-state index in [9.17, 15) is 24.5 Å². The number of ether oxygens (including phenoxy) is 2. The van der Waals surface area contributed by atoms with Crippen LogP contribution in [0.3, 0.4) is 0 Å². The molecule has 1 heterocycles. The van der Waals surface area contributed by atoms with Gasteiger partial charge in [-0.3, -0.25) is 4.57 Å². The number of halogens is 1. The molecule has 4 aromatic rings. The summed E-state index contributed by atoms with van der Waals surface area (Å²) in [6, 6.07) is 12.6. The second-order valence-corrected chi connectivity index (χ2v) is 7.05. The highest BCUT2D eigenvalue weighted by Crippen LogP contribution is 2.37. The molecule has 0 saturated heterocycles. The monoisotopic (exact) mass is 450 g/mol. The Morgan fingerprint density at radius 2 is 1.73 bits per heavy atom. The summed E-state index contributed by atoms with van der Waals surface area (Å²) in [5.41, 5.74) is 1.16. The van der Waals surface area contributed by atoms with E-state index in [-0.39, 0.29) is 39.9 Å². The largest absolute Gasteiger partial charge is 0.507 e. The maximum Gasteiger partial charge on any atom is 0.339 e. The molecular formula is C24H19FN2O6. The van der Waals surface area contributed by atoms with Crippen molar-refractivity contribution in [2.24, 2.45) is 0 Å². The SMILES string of the molecule is COc1ccc(-c2nc(-c3cc(F)ccc3O)cn2-c2ccc(C(=O)O)c(OC)c2)c(O)c1. The van der Waals surface area contributed by atoms with Gasteiger partial charge in [0.2, 0.25) is 0 Å². The normalized spacial score (nSPS) is 10.8. The summed E-state index contributed by atoms with van der Waals surface area (Å²) in [6.07, 6.45) is 1.54. The van der Waals surface area contributed by atoms with Gasteiger partial charge in [-0.05, 0) is 42.5 Å². The molecule has 0 atom stereocenters. The minimum Gasteiger partial charge on any atom is -0.507 e. The lowest BCUT2D eigenvalue weighted by Gasteiger charge is -2.12. The van der Waals surface area contributed by atoms with Crippen molar-refractivity contribution in [2.75, 3.05) is 14.2 Å². The van der Waals surface area contributed by atoms with Crippen LogP contribution >= 0.6 is 0 Å². The number of benzene rings is 3. The van der Waals surface area contributed by atoms with Gasteiger partial charge >= 0.3 is 5.97 Å². The zero-order valence-electron chi connectivity index (χ0n) is 17.6. The molecule has 0 saturated carbocycles. The van der Waals surface area contributed by atoms with Gasteiger partial charge in [0, 0.05) is 23.9 Å². The van der Waals surface area contributed by atoms with Crippen molar-refractivity contribution in [1.82, 2.24) is 9.55 Å². The van der Waals surface area contributed by atoms with E-state index < -0.39 is 11.8 Å². The third-order valence-electron chi connectivity index (χ3n) is 5.08.